The lowest BCUT2D eigenvalue weighted by Gasteiger charge is -2.36. The van der Waals surface area contributed by atoms with E-state index in [0.717, 1.165) is 45.0 Å². The lowest BCUT2D eigenvalue weighted by molar-refractivity contribution is 0.102. The topological polar surface area (TPSA) is 64.8 Å². The molecular weight excluding hydrogens is 374 g/mol. The first-order valence-corrected chi connectivity index (χ1v) is 9.89. The van der Waals surface area contributed by atoms with Crippen molar-refractivity contribution in [3.05, 3.63) is 53.1 Å². The molecule has 0 atom stereocenters. The Hall–Kier alpha value is -2.28. The van der Waals surface area contributed by atoms with Crippen LogP contribution in [0.1, 0.15) is 10.4 Å². The summed E-state index contributed by atoms with van der Waals surface area (Å²) in [4.78, 5) is 19.7. The second kappa shape index (κ2) is 9.28. The number of carbonyl (C=O) groups is 1. The summed E-state index contributed by atoms with van der Waals surface area (Å²) in [6.07, 6.45) is 0. The Balaban J connectivity index is 1.67. The first-order valence-electron chi connectivity index (χ1n) is 9.51. The summed E-state index contributed by atoms with van der Waals surface area (Å²) in [5.41, 5.74) is 8.51. The van der Waals surface area contributed by atoms with Gasteiger partial charge in [-0.25, -0.2) is 0 Å². The van der Waals surface area contributed by atoms with E-state index in [-0.39, 0.29) is 5.91 Å². The van der Waals surface area contributed by atoms with Crippen LogP contribution in [0.15, 0.2) is 42.5 Å². The highest BCUT2D eigenvalue weighted by Crippen LogP contribution is 2.26. The van der Waals surface area contributed by atoms with Gasteiger partial charge in [-0.2, -0.15) is 0 Å². The molecule has 0 bridgehead atoms. The number of hydrogen-bond donors (Lipinski definition) is 2. The summed E-state index contributed by atoms with van der Waals surface area (Å²) in [6.45, 7) is 6.03. The number of likely N-dealkylation sites (N-methyl/N-ethyl adjacent to an activating group) is 1. The van der Waals surface area contributed by atoms with E-state index in [0.29, 0.717) is 22.0 Å². The maximum Gasteiger partial charge on any atom is 0.257 e. The maximum absolute atomic E-state index is 12.7. The molecule has 0 aliphatic carbocycles. The molecule has 3 N–H and O–H groups in total. The number of carbonyl (C=O) groups excluding carboxylic acids is 1. The molecule has 6 nitrogen and oxygen atoms in total. The van der Waals surface area contributed by atoms with E-state index in [1.165, 1.54) is 0 Å². The Morgan fingerprint density at radius 2 is 1.86 bits per heavy atom. The predicted octanol–water partition coefficient (Wildman–Crippen LogP) is 2.86. The number of rotatable bonds is 6. The zero-order chi connectivity index (χ0) is 20.1. The molecule has 1 fully saturated rings. The molecule has 2 aromatic carbocycles. The monoisotopic (exact) mass is 401 g/mol. The molecular formula is C21H28ClN5O. The highest BCUT2D eigenvalue weighted by atomic mass is 35.5. The molecule has 0 aromatic heterocycles. The molecule has 0 radical (unpaired) electrons. The van der Waals surface area contributed by atoms with Crippen LogP contribution < -0.4 is 16.0 Å². The van der Waals surface area contributed by atoms with Gasteiger partial charge >= 0.3 is 0 Å². The number of para-hydroxylation sites is 2. The number of benzene rings is 2. The van der Waals surface area contributed by atoms with Crippen molar-refractivity contribution >= 4 is 34.6 Å². The number of nitrogens with zero attached hydrogens (tertiary/aromatic N) is 3. The molecule has 1 saturated heterocycles. The predicted molar refractivity (Wildman–Crippen MR) is 117 cm³/mol. The third kappa shape index (κ3) is 5.16. The van der Waals surface area contributed by atoms with Crippen molar-refractivity contribution in [2.24, 2.45) is 0 Å². The minimum absolute atomic E-state index is 0.255. The Morgan fingerprint density at radius 1 is 1.14 bits per heavy atom. The lowest BCUT2D eigenvalue weighted by atomic mass is 10.1. The van der Waals surface area contributed by atoms with E-state index in [2.05, 4.69) is 34.1 Å². The summed E-state index contributed by atoms with van der Waals surface area (Å²) in [7, 11) is 4.19. The van der Waals surface area contributed by atoms with Gasteiger partial charge in [-0.15, -0.1) is 0 Å². The van der Waals surface area contributed by atoms with Crippen LogP contribution in [0.5, 0.6) is 0 Å². The summed E-state index contributed by atoms with van der Waals surface area (Å²) in [5.74, 6) is -0.255. The van der Waals surface area contributed by atoms with Gasteiger partial charge in [0, 0.05) is 45.0 Å². The molecule has 1 aliphatic heterocycles. The zero-order valence-corrected chi connectivity index (χ0v) is 17.2. The summed E-state index contributed by atoms with van der Waals surface area (Å²) >= 11 is 6.31. The van der Waals surface area contributed by atoms with Crippen LogP contribution in [-0.2, 0) is 0 Å². The largest absolute Gasteiger partial charge is 0.397 e. The Labute approximate surface area is 171 Å². The van der Waals surface area contributed by atoms with Crippen LogP contribution in [0.3, 0.4) is 0 Å². The van der Waals surface area contributed by atoms with Crippen LogP contribution in [0.25, 0.3) is 0 Å². The lowest BCUT2D eigenvalue weighted by Crippen LogP contribution is -2.48. The summed E-state index contributed by atoms with van der Waals surface area (Å²) in [6, 6.07) is 12.8. The fourth-order valence-electron chi connectivity index (χ4n) is 3.26. The van der Waals surface area contributed by atoms with Crippen LogP contribution >= 0.6 is 11.6 Å². The Kier molecular flexibility index (Phi) is 6.78. The molecule has 28 heavy (non-hydrogen) atoms. The molecule has 0 unspecified atom stereocenters. The van der Waals surface area contributed by atoms with Crippen LogP contribution in [0, 0.1) is 0 Å². The van der Waals surface area contributed by atoms with Crippen molar-refractivity contribution in [2.45, 2.75) is 0 Å². The van der Waals surface area contributed by atoms with Gasteiger partial charge in [-0.1, -0.05) is 23.7 Å². The number of anilines is 3. The van der Waals surface area contributed by atoms with Crippen molar-refractivity contribution < 1.29 is 4.79 Å². The smallest absolute Gasteiger partial charge is 0.257 e. The molecule has 0 saturated carbocycles. The van der Waals surface area contributed by atoms with Gasteiger partial charge in [0.25, 0.3) is 5.91 Å². The normalized spacial score (nSPS) is 15.1. The third-order valence-corrected chi connectivity index (χ3v) is 5.33. The average Bonchev–Trinajstić information content (AvgIpc) is 2.69. The van der Waals surface area contributed by atoms with Crippen molar-refractivity contribution in [3.63, 3.8) is 0 Å². The number of piperazine rings is 1. The molecule has 2 aromatic rings. The van der Waals surface area contributed by atoms with Gasteiger partial charge in [0.1, 0.15) is 0 Å². The molecule has 7 heteroatoms. The maximum atomic E-state index is 12.7. The zero-order valence-electron chi connectivity index (χ0n) is 16.5. The Morgan fingerprint density at radius 3 is 2.54 bits per heavy atom. The quantitative estimate of drug-likeness (QED) is 0.728. The van der Waals surface area contributed by atoms with Crippen LogP contribution in [-0.4, -0.2) is 69.1 Å². The summed E-state index contributed by atoms with van der Waals surface area (Å²) in [5, 5.41) is 3.28. The molecule has 1 heterocycles. The fourth-order valence-corrected chi connectivity index (χ4v) is 3.46. The number of hydrogen-bond acceptors (Lipinski definition) is 5. The SMILES string of the molecule is CN(C)CCN1CCN(c2ccc(Cl)c(C(=O)Nc3ccccc3N)c2)CC1. The second-order valence-corrected chi connectivity index (χ2v) is 7.74. The number of amides is 1. The molecule has 1 aliphatic rings. The van der Waals surface area contributed by atoms with Crippen LogP contribution in [0.2, 0.25) is 5.02 Å². The fraction of sp³-hybridized carbons (Fsp3) is 0.381. The highest BCUT2D eigenvalue weighted by molar-refractivity contribution is 6.34. The van der Waals surface area contributed by atoms with Crippen molar-refractivity contribution in [1.29, 1.82) is 0 Å². The molecule has 1 amide bonds. The number of nitrogen functional groups attached to an aromatic ring is 1. The van der Waals surface area contributed by atoms with Crippen LogP contribution in [0.4, 0.5) is 17.1 Å². The van der Waals surface area contributed by atoms with Crippen molar-refractivity contribution in [3.8, 4) is 0 Å². The first-order chi connectivity index (χ1) is 13.4. The minimum Gasteiger partial charge on any atom is -0.397 e. The Bertz CT molecular complexity index is 818. The van der Waals surface area contributed by atoms with Gasteiger partial charge in [-0.3, -0.25) is 9.69 Å². The molecule has 0 spiro atoms. The van der Waals surface area contributed by atoms with E-state index in [1.54, 1.807) is 18.2 Å². The first kappa shape index (κ1) is 20.5. The van der Waals surface area contributed by atoms with Gasteiger partial charge in [0.05, 0.1) is 22.0 Å². The van der Waals surface area contributed by atoms with Gasteiger partial charge in [0.15, 0.2) is 0 Å². The van der Waals surface area contributed by atoms with E-state index in [1.807, 2.05) is 24.3 Å². The highest BCUT2D eigenvalue weighted by Gasteiger charge is 2.19. The van der Waals surface area contributed by atoms with Crippen molar-refractivity contribution in [1.82, 2.24) is 9.80 Å². The number of nitrogens with two attached hydrogens (primary N) is 1. The average molecular weight is 402 g/mol. The molecule has 3 rings (SSSR count). The number of halogens is 1. The van der Waals surface area contributed by atoms with E-state index in [9.17, 15) is 4.79 Å². The van der Waals surface area contributed by atoms with E-state index >= 15 is 0 Å². The van der Waals surface area contributed by atoms with E-state index in [4.69, 9.17) is 17.3 Å². The van der Waals surface area contributed by atoms with Gasteiger partial charge < -0.3 is 20.9 Å². The van der Waals surface area contributed by atoms with Gasteiger partial charge in [0.2, 0.25) is 0 Å². The van der Waals surface area contributed by atoms with Crippen molar-refractivity contribution in [2.75, 3.05) is 69.3 Å². The van der Waals surface area contributed by atoms with E-state index < -0.39 is 0 Å². The standard InChI is InChI=1S/C21H28ClN5O/c1-25(2)9-10-26-11-13-27(14-12-26)16-7-8-18(22)17(15-16)21(28)24-20-6-4-3-5-19(20)23/h3-8,15H,9-14,23H2,1-2H3,(H,24,28). The minimum atomic E-state index is -0.255. The third-order valence-electron chi connectivity index (χ3n) is 5.00. The van der Waals surface area contributed by atoms with Gasteiger partial charge in [-0.05, 0) is 44.4 Å². The molecule has 150 valence electrons. The number of nitrogens with one attached hydrogen (secondary N) is 1. The second-order valence-electron chi connectivity index (χ2n) is 7.34. The summed E-state index contributed by atoms with van der Waals surface area (Å²) < 4.78 is 0.